The molecular formula is C19H30FN3O2. The number of amides is 1. The zero-order valence-corrected chi connectivity index (χ0v) is 15.1. The summed E-state index contributed by atoms with van der Waals surface area (Å²) in [6, 6.07) is 6.70. The lowest BCUT2D eigenvalue weighted by Crippen LogP contribution is -2.40. The molecule has 140 valence electrons. The summed E-state index contributed by atoms with van der Waals surface area (Å²) in [5.74, 6) is 0.420. The standard InChI is InChI=1S/C12H23N3O2.C7H7F/c16-12(9-15-4-1-2-5-15)14-8-11-7-13-3-6-17-10-11;1-6-4-2-3-5-7(6)8/h11,13H,1-10H2,(H,14,16);2-5H,1H3. The summed E-state index contributed by atoms with van der Waals surface area (Å²) in [5, 5.41) is 6.31. The van der Waals surface area contributed by atoms with Gasteiger partial charge < -0.3 is 15.4 Å². The van der Waals surface area contributed by atoms with E-state index >= 15 is 0 Å². The second-order valence-electron chi connectivity index (χ2n) is 6.68. The van der Waals surface area contributed by atoms with Gasteiger partial charge in [0, 0.05) is 25.6 Å². The lowest BCUT2D eigenvalue weighted by atomic mass is 10.1. The van der Waals surface area contributed by atoms with Crippen molar-refractivity contribution in [2.45, 2.75) is 19.8 Å². The zero-order valence-electron chi connectivity index (χ0n) is 15.1. The zero-order chi connectivity index (χ0) is 17.9. The molecule has 0 aliphatic carbocycles. The van der Waals surface area contributed by atoms with Crippen molar-refractivity contribution in [3.63, 3.8) is 0 Å². The van der Waals surface area contributed by atoms with Crippen LogP contribution in [0.2, 0.25) is 0 Å². The second-order valence-corrected chi connectivity index (χ2v) is 6.68. The molecule has 1 aromatic rings. The van der Waals surface area contributed by atoms with E-state index in [1.54, 1.807) is 19.1 Å². The van der Waals surface area contributed by atoms with E-state index in [1.165, 1.54) is 18.9 Å². The summed E-state index contributed by atoms with van der Waals surface area (Å²) in [7, 11) is 0. The van der Waals surface area contributed by atoms with Gasteiger partial charge in [0.05, 0.1) is 19.8 Å². The Kier molecular flexibility index (Phi) is 8.86. The van der Waals surface area contributed by atoms with E-state index in [0.717, 1.165) is 45.9 Å². The summed E-state index contributed by atoms with van der Waals surface area (Å²) in [6.45, 7) is 8.54. The Hall–Kier alpha value is -1.50. The molecule has 0 spiro atoms. The minimum Gasteiger partial charge on any atom is -0.380 e. The third-order valence-electron chi connectivity index (χ3n) is 4.44. The Morgan fingerprint density at radius 2 is 2.12 bits per heavy atom. The maximum atomic E-state index is 12.3. The number of hydrogen-bond acceptors (Lipinski definition) is 4. The highest BCUT2D eigenvalue weighted by Crippen LogP contribution is 2.06. The molecule has 0 bridgehead atoms. The van der Waals surface area contributed by atoms with Crippen LogP contribution in [0.4, 0.5) is 4.39 Å². The quantitative estimate of drug-likeness (QED) is 0.865. The molecule has 0 radical (unpaired) electrons. The van der Waals surface area contributed by atoms with Gasteiger partial charge in [0.25, 0.3) is 0 Å². The van der Waals surface area contributed by atoms with Crippen LogP contribution in [-0.2, 0) is 9.53 Å². The predicted octanol–water partition coefficient (Wildman–Crippen LogP) is 1.57. The molecule has 2 N–H and O–H groups in total. The maximum Gasteiger partial charge on any atom is 0.234 e. The third kappa shape index (κ3) is 7.94. The lowest BCUT2D eigenvalue weighted by Gasteiger charge is -2.17. The van der Waals surface area contributed by atoms with E-state index in [9.17, 15) is 9.18 Å². The van der Waals surface area contributed by atoms with Crippen molar-refractivity contribution in [2.24, 2.45) is 5.92 Å². The molecule has 6 heteroatoms. The fraction of sp³-hybridized carbons (Fsp3) is 0.632. The van der Waals surface area contributed by atoms with Crippen molar-refractivity contribution in [3.8, 4) is 0 Å². The normalized spacial score (nSPS) is 21.1. The molecule has 2 aliphatic rings. The summed E-state index contributed by atoms with van der Waals surface area (Å²) < 4.78 is 17.8. The van der Waals surface area contributed by atoms with Crippen molar-refractivity contribution < 1.29 is 13.9 Å². The second kappa shape index (κ2) is 11.2. The molecule has 5 nitrogen and oxygen atoms in total. The van der Waals surface area contributed by atoms with E-state index in [2.05, 4.69) is 15.5 Å². The van der Waals surface area contributed by atoms with Crippen molar-refractivity contribution in [1.82, 2.24) is 15.5 Å². The first-order valence-corrected chi connectivity index (χ1v) is 9.14. The predicted molar refractivity (Wildman–Crippen MR) is 97.0 cm³/mol. The highest BCUT2D eigenvalue weighted by molar-refractivity contribution is 5.78. The Balaban J connectivity index is 0.000000236. The van der Waals surface area contributed by atoms with Crippen molar-refractivity contribution in [2.75, 3.05) is 52.5 Å². The maximum absolute atomic E-state index is 12.3. The fourth-order valence-electron chi connectivity index (χ4n) is 2.90. The lowest BCUT2D eigenvalue weighted by molar-refractivity contribution is -0.122. The summed E-state index contributed by atoms with van der Waals surface area (Å²) >= 11 is 0. The number of halogens is 1. The van der Waals surface area contributed by atoms with Gasteiger partial charge in [0.15, 0.2) is 0 Å². The molecule has 25 heavy (non-hydrogen) atoms. The van der Waals surface area contributed by atoms with Gasteiger partial charge in [-0.2, -0.15) is 0 Å². The van der Waals surface area contributed by atoms with E-state index in [1.807, 2.05) is 6.07 Å². The number of aryl methyl sites for hydroxylation is 1. The molecule has 1 atom stereocenters. The van der Waals surface area contributed by atoms with Gasteiger partial charge in [-0.25, -0.2) is 4.39 Å². The minimum atomic E-state index is -0.132. The Bertz CT molecular complexity index is 492. The van der Waals surface area contributed by atoms with Crippen LogP contribution in [0.3, 0.4) is 0 Å². The molecule has 0 saturated carbocycles. The van der Waals surface area contributed by atoms with Crippen LogP contribution in [0.15, 0.2) is 24.3 Å². The van der Waals surface area contributed by atoms with Crippen LogP contribution >= 0.6 is 0 Å². The highest BCUT2D eigenvalue weighted by atomic mass is 19.1. The average Bonchev–Trinajstić information content (AvgIpc) is 2.97. The van der Waals surface area contributed by atoms with Crippen LogP contribution in [0.25, 0.3) is 0 Å². The molecule has 0 aromatic heterocycles. The molecular weight excluding hydrogens is 321 g/mol. The van der Waals surface area contributed by atoms with Crippen LogP contribution in [0.5, 0.6) is 0 Å². The molecule has 3 rings (SSSR count). The molecule has 1 aromatic carbocycles. The number of nitrogens with one attached hydrogen (secondary N) is 2. The number of hydrogen-bond donors (Lipinski definition) is 2. The van der Waals surface area contributed by atoms with E-state index in [-0.39, 0.29) is 11.7 Å². The number of nitrogens with zero attached hydrogens (tertiary/aromatic N) is 1. The SMILES string of the molecule is Cc1ccccc1F.O=C(CN1CCCC1)NCC1CNCCOC1. The van der Waals surface area contributed by atoms with Gasteiger partial charge in [0.1, 0.15) is 5.82 Å². The highest BCUT2D eigenvalue weighted by Gasteiger charge is 2.17. The van der Waals surface area contributed by atoms with Crippen LogP contribution < -0.4 is 10.6 Å². The summed E-state index contributed by atoms with van der Waals surface area (Å²) in [5.41, 5.74) is 0.701. The van der Waals surface area contributed by atoms with Gasteiger partial charge in [-0.15, -0.1) is 0 Å². The van der Waals surface area contributed by atoms with Gasteiger partial charge in [0.2, 0.25) is 5.91 Å². The molecule has 2 saturated heterocycles. The molecule has 1 unspecified atom stereocenters. The van der Waals surface area contributed by atoms with E-state index < -0.39 is 0 Å². The first-order chi connectivity index (χ1) is 12.1. The topological polar surface area (TPSA) is 53.6 Å². The first kappa shape index (κ1) is 19.8. The van der Waals surface area contributed by atoms with Gasteiger partial charge >= 0.3 is 0 Å². The van der Waals surface area contributed by atoms with Gasteiger partial charge in [-0.1, -0.05) is 18.2 Å². The Morgan fingerprint density at radius 3 is 2.80 bits per heavy atom. The molecule has 2 aliphatic heterocycles. The smallest absolute Gasteiger partial charge is 0.234 e. The van der Waals surface area contributed by atoms with Crippen molar-refractivity contribution in [1.29, 1.82) is 0 Å². The van der Waals surface area contributed by atoms with Crippen LogP contribution in [0, 0.1) is 18.7 Å². The summed E-state index contributed by atoms with van der Waals surface area (Å²) in [6.07, 6.45) is 2.46. The fourth-order valence-corrected chi connectivity index (χ4v) is 2.90. The Morgan fingerprint density at radius 1 is 1.36 bits per heavy atom. The van der Waals surface area contributed by atoms with E-state index in [4.69, 9.17) is 4.74 Å². The van der Waals surface area contributed by atoms with Crippen LogP contribution in [-0.4, -0.2) is 63.3 Å². The number of carbonyl (C=O) groups is 1. The monoisotopic (exact) mass is 351 g/mol. The number of carbonyl (C=O) groups excluding carboxylic acids is 1. The third-order valence-corrected chi connectivity index (χ3v) is 4.44. The van der Waals surface area contributed by atoms with Crippen molar-refractivity contribution in [3.05, 3.63) is 35.6 Å². The van der Waals surface area contributed by atoms with Crippen molar-refractivity contribution >= 4 is 5.91 Å². The first-order valence-electron chi connectivity index (χ1n) is 9.14. The molecule has 1 amide bonds. The number of likely N-dealkylation sites (tertiary alicyclic amines) is 1. The molecule has 2 heterocycles. The Labute approximate surface area is 149 Å². The van der Waals surface area contributed by atoms with Gasteiger partial charge in [-0.3, -0.25) is 9.69 Å². The number of ether oxygens (including phenoxy) is 1. The van der Waals surface area contributed by atoms with E-state index in [0.29, 0.717) is 18.0 Å². The summed E-state index contributed by atoms with van der Waals surface area (Å²) in [4.78, 5) is 13.9. The van der Waals surface area contributed by atoms with Gasteiger partial charge in [-0.05, 0) is 44.5 Å². The minimum absolute atomic E-state index is 0.132. The largest absolute Gasteiger partial charge is 0.380 e. The average molecular weight is 351 g/mol. The number of rotatable bonds is 4. The van der Waals surface area contributed by atoms with Crippen LogP contribution in [0.1, 0.15) is 18.4 Å². The molecule has 2 fully saturated rings. The number of benzene rings is 1.